The number of amides is 1. The Balaban J connectivity index is 1.83. The molecule has 0 saturated carbocycles. The van der Waals surface area contributed by atoms with Crippen LogP contribution < -0.4 is 10.2 Å². The van der Waals surface area contributed by atoms with Crippen LogP contribution in [0.15, 0.2) is 23.1 Å². The lowest BCUT2D eigenvalue weighted by molar-refractivity contribution is -0.120. The number of anilines is 2. The first kappa shape index (κ1) is 25.8. The number of rotatable bonds is 7. The van der Waals surface area contributed by atoms with E-state index in [4.69, 9.17) is 4.74 Å². The van der Waals surface area contributed by atoms with Gasteiger partial charge in [-0.05, 0) is 58.2 Å². The van der Waals surface area contributed by atoms with E-state index in [1.165, 1.54) is 4.31 Å². The number of hydrogen-bond acceptors (Lipinski definition) is 6. The van der Waals surface area contributed by atoms with Crippen LogP contribution in [0.3, 0.4) is 0 Å². The topological polar surface area (TPSA) is 112 Å². The summed E-state index contributed by atoms with van der Waals surface area (Å²) in [5.74, 6) is -1.40. The number of sulfonamides is 1. The van der Waals surface area contributed by atoms with Gasteiger partial charge in [0.1, 0.15) is 10.5 Å². The number of carbonyl (C=O) groups is 2. The monoisotopic (exact) mass is 490 g/mol. The minimum atomic E-state index is -4.01. The third-order valence-corrected chi connectivity index (χ3v) is 8.15. The molecule has 1 atom stereocenters. The van der Waals surface area contributed by atoms with E-state index >= 15 is 0 Å². The molecule has 1 amide bonds. The molecule has 0 radical (unpaired) electrons. The number of aromatic nitrogens is 1. The summed E-state index contributed by atoms with van der Waals surface area (Å²) in [5, 5.41) is 2.94. The van der Waals surface area contributed by atoms with Crippen molar-refractivity contribution in [3.63, 3.8) is 0 Å². The zero-order chi connectivity index (χ0) is 25.2. The maximum Gasteiger partial charge on any atom is 0.341 e. The van der Waals surface area contributed by atoms with Crippen LogP contribution in [-0.2, 0) is 19.6 Å². The number of nitrogens with one attached hydrogen (secondary N) is 2. The fourth-order valence-electron chi connectivity index (χ4n) is 4.45. The van der Waals surface area contributed by atoms with E-state index in [-0.39, 0.29) is 36.1 Å². The first-order chi connectivity index (χ1) is 16.0. The number of aromatic amines is 1. The molecule has 1 aromatic carbocycles. The number of carbonyl (C=O) groups excluding carboxylic acids is 2. The van der Waals surface area contributed by atoms with Gasteiger partial charge in [0.25, 0.3) is 0 Å². The molecule has 0 spiro atoms. The van der Waals surface area contributed by atoms with Crippen molar-refractivity contribution < 1.29 is 22.7 Å². The van der Waals surface area contributed by atoms with Crippen molar-refractivity contribution >= 4 is 33.3 Å². The van der Waals surface area contributed by atoms with Gasteiger partial charge in [0, 0.05) is 49.9 Å². The number of hydrogen-bond donors (Lipinski definition) is 2. The van der Waals surface area contributed by atoms with E-state index in [1.54, 1.807) is 20.8 Å². The maximum atomic E-state index is 13.6. The highest BCUT2D eigenvalue weighted by Crippen LogP contribution is 2.31. The summed E-state index contributed by atoms with van der Waals surface area (Å²) in [7, 11) is -0.139. The lowest BCUT2D eigenvalue weighted by atomic mass is 9.98. The average molecular weight is 491 g/mol. The summed E-state index contributed by atoms with van der Waals surface area (Å²) in [6, 6.07) is 5.69. The number of H-pyrrole nitrogens is 1. The van der Waals surface area contributed by atoms with Crippen LogP contribution in [0.4, 0.5) is 11.4 Å². The molecule has 3 rings (SSSR count). The minimum Gasteiger partial charge on any atom is -0.462 e. The second-order valence-electron chi connectivity index (χ2n) is 8.89. The largest absolute Gasteiger partial charge is 0.462 e. The molecule has 186 valence electrons. The highest BCUT2D eigenvalue weighted by Gasteiger charge is 2.38. The fraction of sp³-hybridized carbons (Fsp3) is 0.500. The van der Waals surface area contributed by atoms with Crippen molar-refractivity contribution in [1.29, 1.82) is 0 Å². The van der Waals surface area contributed by atoms with Gasteiger partial charge in [-0.1, -0.05) is 6.07 Å². The average Bonchev–Trinajstić information content (AvgIpc) is 3.09. The van der Waals surface area contributed by atoms with Crippen molar-refractivity contribution in [3.05, 3.63) is 40.7 Å². The first-order valence-corrected chi connectivity index (χ1v) is 12.9. The van der Waals surface area contributed by atoms with E-state index in [9.17, 15) is 18.0 Å². The van der Waals surface area contributed by atoms with E-state index in [1.807, 2.05) is 44.1 Å². The Morgan fingerprint density at radius 3 is 2.56 bits per heavy atom. The lowest BCUT2D eigenvalue weighted by Crippen LogP contribution is -2.44. The Bertz CT molecular complexity index is 1190. The number of nitrogens with zero attached hydrogens (tertiary/aromatic N) is 2. The summed E-state index contributed by atoms with van der Waals surface area (Å²) < 4.78 is 33.6. The zero-order valence-electron chi connectivity index (χ0n) is 20.7. The van der Waals surface area contributed by atoms with Gasteiger partial charge in [0.15, 0.2) is 0 Å². The highest BCUT2D eigenvalue weighted by atomic mass is 32.2. The second-order valence-corrected chi connectivity index (χ2v) is 10.8. The molecule has 1 saturated heterocycles. The first-order valence-electron chi connectivity index (χ1n) is 11.4. The Morgan fingerprint density at radius 1 is 1.21 bits per heavy atom. The third-order valence-electron chi connectivity index (χ3n) is 6.11. The van der Waals surface area contributed by atoms with Gasteiger partial charge in [-0.3, -0.25) is 4.79 Å². The standard InChI is InChI=1S/C24H34N4O5S/c1-7-33-24(30)21-16(3)25-17(4)22(21)34(31,32)28-12-8-9-18(14-28)23(29)26-19-11-10-15(2)20(13-19)27(5)6/h10-11,13,18,25H,7-9,12,14H2,1-6H3,(H,26,29)/t18-/m0/s1. The number of aryl methyl sites for hydroxylation is 3. The number of esters is 1. The normalized spacial score (nSPS) is 16.8. The quantitative estimate of drug-likeness (QED) is 0.577. The number of benzene rings is 1. The molecule has 1 aromatic heterocycles. The fourth-order valence-corrected chi connectivity index (χ4v) is 6.38. The smallest absolute Gasteiger partial charge is 0.341 e. The maximum absolute atomic E-state index is 13.6. The van der Waals surface area contributed by atoms with Crippen molar-refractivity contribution in [2.24, 2.45) is 5.92 Å². The SMILES string of the molecule is CCOC(=O)c1c(C)[nH]c(C)c1S(=O)(=O)N1CCC[C@H](C(=O)Nc2ccc(C)c(N(C)C)c2)C1. The van der Waals surface area contributed by atoms with Crippen LogP contribution >= 0.6 is 0 Å². The summed E-state index contributed by atoms with van der Waals surface area (Å²) in [4.78, 5) is 30.4. The highest BCUT2D eigenvalue weighted by molar-refractivity contribution is 7.89. The Labute approximate surface area is 201 Å². The second kappa shape index (κ2) is 10.2. The molecule has 34 heavy (non-hydrogen) atoms. The van der Waals surface area contributed by atoms with Gasteiger partial charge < -0.3 is 19.9 Å². The van der Waals surface area contributed by atoms with Crippen molar-refractivity contribution in [2.45, 2.75) is 45.4 Å². The molecule has 1 aliphatic heterocycles. The predicted octanol–water partition coefficient (Wildman–Crippen LogP) is 3.22. The number of piperidine rings is 1. The Hall–Kier alpha value is -2.85. The molecule has 0 unspecified atom stereocenters. The van der Waals surface area contributed by atoms with Gasteiger partial charge in [0.2, 0.25) is 15.9 Å². The predicted molar refractivity (Wildman–Crippen MR) is 132 cm³/mol. The molecule has 2 aromatic rings. The molecule has 1 fully saturated rings. The molecule has 2 heterocycles. The zero-order valence-corrected chi connectivity index (χ0v) is 21.5. The third kappa shape index (κ3) is 5.12. The van der Waals surface area contributed by atoms with E-state index in [0.717, 1.165) is 11.3 Å². The van der Waals surface area contributed by atoms with Gasteiger partial charge in [-0.2, -0.15) is 4.31 Å². The van der Waals surface area contributed by atoms with Crippen LogP contribution in [-0.4, -0.2) is 63.4 Å². The van der Waals surface area contributed by atoms with Crippen LogP contribution in [0.5, 0.6) is 0 Å². The van der Waals surface area contributed by atoms with Crippen LogP contribution in [0.1, 0.15) is 47.1 Å². The van der Waals surface area contributed by atoms with Crippen molar-refractivity contribution in [2.75, 3.05) is 44.0 Å². The van der Waals surface area contributed by atoms with Gasteiger partial charge in [-0.25, -0.2) is 13.2 Å². The van der Waals surface area contributed by atoms with Gasteiger partial charge in [0.05, 0.1) is 12.5 Å². The molecule has 1 aliphatic rings. The summed E-state index contributed by atoms with van der Waals surface area (Å²) in [6.07, 6.45) is 1.13. The van der Waals surface area contributed by atoms with Crippen molar-refractivity contribution in [3.8, 4) is 0 Å². The molecule has 0 bridgehead atoms. The van der Waals surface area contributed by atoms with Gasteiger partial charge >= 0.3 is 5.97 Å². The van der Waals surface area contributed by atoms with E-state index in [0.29, 0.717) is 29.9 Å². The molecular formula is C24H34N4O5S. The van der Waals surface area contributed by atoms with Crippen LogP contribution in [0.25, 0.3) is 0 Å². The van der Waals surface area contributed by atoms with Crippen LogP contribution in [0.2, 0.25) is 0 Å². The van der Waals surface area contributed by atoms with E-state index < -0.39 is 21.9 Å². The Morgan fingerprint density at radius 2 is 1.91 bits per heavy atom. The summed E-state index contributed by atoms with van der Waals surface area (Å²) in [6.45, 7) is 7.41. The van der Waals surface area contributed by atoms with Crippen molar-refractivity contribution in [1.82, 2.24) is 9.29 Å². The molecule has 9 nitrogen and oxygen atoms in total. The van der Waals surface area contributed by atoms with E-state index in [2.05, 4.69) is 10.3 Å². The lowest BCUT2D eigenvalue weighted by Gasteiger charge is -2.31. The molecule has 2 N–H and O–H groups in total. The summed E-state index contributed by atoms with van der Waals surface area (Å²) >= 11 is 0. The summed E-state index contributed by atoms with van der Waals surface area (Å²) in [5.41, 5.74) is 3.60. The Kier molecular flexibility index (Phi) is 7.72. The molecular weight excluding hydrogens is 456 g/mol. The van der Waals surface area contributed by atoms with Crippen LogP contribution in [0, 0.1) is 26.7 Å². The minimum absolute atomic E-state index is 0.0294. The molecule has 0 aliphatic carbocycles. The molecule has 10 heteroatoms. The van der Waals surface area contributed by atoms with Gasteiger partial charge in [-0.15, -0.1) is 0 Å². The number of ether oxygens (including phenoxy) is 1.